The third-order valence-electron chi connectivity index (χ3n) is 5.34. The third kappa shape index (κ3) is 2.26. The SMILES string of the molecule is CC(C)C1(C(C)C)OS(=O)(=O)C2=C1S(=O)(=O)OC2(C(C)C)C(C)C. The molecule has 0 atom stereocenters. The molecule has 0 bridgehead atoms. The first-order valence-corrected chi connectivity index (χ1v) is 11.2. The zero-order valence-electron chi connectivity index (χ0n) is 15.6. The molecule has 2 aliphatic heterocycles. The van der Waals surface area contributed by atoms with Crippen LogP contribution in [0, 0.1) is 23.7 Å². The maximum Gasteiger partial charge on any atom is 0.298 e. The van der Waals surface area contributed by atoms with Crippen molar-refractivity contribution >= 4 is 20.2 Å². The van der Waals surface area contributed by atoms with Crippen molar-refractivity contribution in [3.8, 4) is 0 Å². The number of hydrogen-bond donors (Lipinski definition) is 0. The average Bonchev–Trinajstić information content (AvgIpc) is 2.80. The van der Waals surface area contributed by atoms with Gasteiger partial charge < -0.3 is 0 Å². The van der Waals surface area contributed by atoms with Crippen molar-refractivity contribution in [2.45, 2.75) is 66.6 Å². The van der Waals surface area contributed by atoms with Crippen LogP contribution in [0.4, 0.5) is 0 Å². The van der Waals surface area contributed by atoms with Crippen LogP contribution in [0.3, 0.4) is 0 Å². The highest BCUT2D eigenvalue weighted by atomic mass is 32.2. The first kappa shape index (κ1) is 19.9. The van der Waals surface area contributed by atoms with Gasteiger partial charge in [0.15, 0.2) is 0 Å². The van der Waals surface area contributed by atoms with Crippen LogP contribution >= 0.6 is 0 Å². The van der Waals surface area contributed by atoms with Crippen LogP contribution in [0.15, 0.2) is 9.81 Å². The van der Waals surface area contributed by atoms with Gasteiger partial charge in [0, 0.05) is 0 Å². The Morgan fingerprint density at radius 1 is 0.583 bits per heavy atom. The van der Waals surface area contributed by atoms with E-state index in [1.54, 1.807) is 55.4 Å². The average molecular weight is 381 g/mol. The lowest BCUT2D eigenvalue weighted by atomic mass is 9.75. The van der Waals surface area contributed by atoms with Crippen LogP contribution in [-0.4, -0.2) is 28.0 Å². The smallest absolute Gasteiger partial charge is 0.254 e. The second kappa shape index (κ2) is 5.53. The largest absolute Gasteiger partial charge is 0.298 e. The van der Waals surface area contributed by atoms with Gasteiger partial charge in [-0.05, 0) is 23.7 Å². The van der Waals surface area contributed by atoms with Gasteiger partial charge in [-0.15, -0.1) is 0 Å². The molecule has 2 rings (SSSR count). The lowest BCUT2D eigenvalue weighted by molar-refractivity contribution is 0.0226. The van der Waals surface area contributed by atoms with Gasteiger partial charge in [-0.25, -0.2) is 0 Å². The van der Waals surface area contributed by atoms with E-state index in [9.17, 15) is 16.8 Å². The molecule has 8 heteroatoms. The molecule has 0 aromatic rings. The predicted molar refractivity (Wildman–Crippen MR) is 91.8 cm³/mol. The summed E-state index contributed by atoms with van der Waals surface area (Å²) in [7, 11) is -8.43. The summed E-state index contributed by atoms with van der Waals surface area (Å²) in [6.45, 7) is 14.2. The molecular weight excluding hydrogens is 352 g/mol. The van der Waals surface area contributed by atoms with Crippen LogP contribution in [-0.2, 0) is 28.6 Å². The van der Waals surface area contributed by atoms with E-state index in [0.29, 0.717) is 0 Å². The lowest BCUT2D eigenvalue weighted by Crippen LogP contribution is -2.48. The first-order chi connectivity index (χ1) is 10.7. The summed E-state index contributed by atoms with van der Waals surface area (Å²) in [5.74, 6) is -1.41. The first-order valence-electron chi connectivity index (χ1n) is 8.34. The number of rotatable bonds is 4. The van der Waals surface area contributed by atoms with Gasteiger partial charge in [0.25, 0.3) is 20.2 Å². The van der Waals surface area contributed by atoms with Crippen LogP contribution in [0.25, 0.3) is 0 Å². The molecule has 140 valence electrons. The van der Waals surface area contributed by atoms with Crippen molar-refractivity contribution in [1.82, 2.24) is 0 Å². The summed E-state index contributed by atoms with van der Waals surface area (Å²) in [6, 6.07) is 0. The van der Waals surface area contributed by atoms with E-state index < -0.39 is 31.4 Å². The van der Waals surface area contributed by atoms with Gasteiger partial charge in [-0.3, -0.25) is 8.37 Å². The Bertz CT molecular complexity index is 687. The highest BCUT2D eigenvalue weighted by molar-refractivity contribution is 7.96. The second-order valence-corrected chi connectivity index (χ2v) is 10.9. The van der Waals surface area contributed by atoms with E-state index in [2.05, 4.69) is 0 Å². The van der Waals surface area contributed by atoms with Crippen molar-refractivity contribution < 1.29 is 25.2 Å². The molecule has 0 radical (unpaired) electrons. The quantitative estimate of drug-likeness (QED) is 0.697. The fraction of sp³-hybridized carbons (Fsp3) is 0.875. The lowest BCUT2D eigenvalue weighted by Gasteiger charge is -2.39. The van der Waals surface area contributed by atoms with Crippen molar-refractivity contribution in [2.24, 2.45) is 23.7 Å². The highest BCUT2D eigenvalue weighted by Gasteiger charge is 2.70. The van der Waals surface area contributed by atoms with E-state index in [0.717, 1.165) is 0 Å². The van der Waals surface area contributed by atoms with Gasteiger partial charge in [0.1, 0.15) is 21.0 Å². The molecule has 24 heavy (non-hydrogen) atoms. The van der Waals surface area contributed by atoms with E-state index in [4.69, 9.17) is 8.37 Å². The van der Waals surface area contributed by atoms with E-state index in [-0.39, 0.29) is 33.5 Å². The van der Waals surface area contributed by atoms with Crippen LogP contribution in [0.2, 0.25) is 0 Å². The van der Waals surface area contributed by atoms with E-state index >= 15 is 0 Å². The molecular formula is C16H28O6S2. The van der Waals surface area contributed by atoms with Crippen molar-refractivity contribution in [2.75, 3.05) is 0 Å². The summed E-state index contributed by atoms with van der Waals surface area (Å²) in [6.07, 6.45) is 0. The normalized spacial score (nSPS) is 26.8. The monoisotopic (exact) mass is 380 g/mol. The zero-order valence-corrected chi connectivity index (χ0v) is 17.2. The Labute approximate surface area is 145 Å². The third-order valence-corrected chi connectivity index (χ3v) is 8.51. The summed E-state index contributed by atoms with van der Waals surface area (Å²) in [4.78, 5) is -0.384. The molecule has 2 heterocycles. The van der Waals surface area contributed by atoms with Gasteiger partial charge in [-0.1, -0.05) is 55.4 Å². The van der Waals surface area contributed by atoms with Crippen molar-refractivity contribution in [3.05, 3.63) is 9.81 Å². The van der Waals surface area contributed by atoms with Gasteiger partial charge in [-0.2, -0.15) is 16.8 Å². The summed E-state index contributed by atoms with van der Waals surface area (Å²) < 4.78 is 62.9. The molecule has 0 fully saturated rings. The van der Waals surface area contributed by atoms with Gasteiger partial charge in [0.05, 0.1) is 0 Å². The van der Waals surface area contributed by atoms with Crippen LogP contribution in [0.5, 0.6) is 0 Å². The van der Waals surface area contributed by atoms with E-state index in [1.165, 1.54) is 0 Å². The maximum absolute atomic E-state index is 13.0. The Morgan fingerprint density at radius 3 is 0.958 bits per heavy atom. The fourth-order valence-corrected chi connectivity index (χ4v) is 9.39. The minimum Gasteiger partial charge on any atom is -0.254 e. The van der Waals surface area contributed by atoms with E-state index in [1.807, 2.05) is 0 Å². The Kier molecular flexibility index (Phi) is 4.58. The number of hydrogen-bond acceptors (Lipinski definition) is 6. The van der Waals surface area contributed by atoms with Crippen LogP contribution < -0.4 is 0 Å². The van der Waals surface area contributed by atoms with Crippen molar-refractivity contribution in [3.63, 3.8) is 0 Å². The molecule has 0 unspecified atom stereocenters. The summed E-state index contributed by atoms with van der Waals surface area (Å²) in [5.41, 5.74) is -2.86. The topological polar surface area (TPSA) is 86.7 Å². The zero-order chi connectivity index (χ0) is 18.9. The predicted octanol–water partition coefficient (Wildman–Crippen LogP) is 3.02. The maximum atomic E-state index is 13.0. The fourth-order valence-electron chi connectivity index (χ4n) is 4.26. The van der Waals surface area contributed by atoms with Crippen LogP contribution in [0.1, 0.15) is 55.4 Å². The Balaban J connectivity index is 3.02. The highest BCUT2D eigenvalue weighted by Crippen LogP contribution is 2.60. The minimum absolute atomic E-state index is 0.192. The van der Waals surface area contributed by atoms with Crippen molar-refractivity contribution in [1.29, 1.82) is 0 Å². The molecule has 0 aromatic heterocycles. The molecule has 2 aliphatic rings. The van der Waals surface area contributed by atoms with Gasteiger partial charge in [0.2, 0.25) is 0 Å². The summed E-state index contributed by atoms with van der Waals surface area (Å²) >= 11 is 0. The molecule has 0 N–H and O–H groups in total. The molecule has 6 nitrogen and oxygen atoms in total. The second-order valence-electron chi connectivity index (χ2n) is 7.94. The standard InChI is InChI=1S/C16H28O6S2/c1-9(2)15(10(3)4)13-14(24(19,20)21-15)16(11(5)6,12(7)8)22-23(13,17)18/h9-12H,1-8H3. The molecule has 0 amide bonds. The minimum atomic E-state index is -4.21. The molecule has 0 aromatic carbocycles. The van der Waals surface area contributed by atoms with Gasteiger partial charge >= 0.3 is 0 Å². The molecule has 0 saturated heterocycles. The Morgan fingerprint density at radius 2 is 0.792 bits per heavy atom. The molecule has 0 saturated carbocycles. The molecule has 0 aliphatic carbocycles. The Hall–Kier alpha value is -0.440. The molecule has 0 spiro atoms. The summed E-state index contributed by atoms with van der Waals surface area (Å²) in [5, 5.41) is 0.